The first-order valence-corrected chi connectivity index (χ1v) is 12.6. The van der Waals surface area contributed by atoms with E-state index in [-0.39, 0.29) is 43.4 Å². The van der Waals surface area contributed by atoms with Gasteiger partial charge < -0.3 is 20.5 Å². The Bertz CT molecular complexity index is 1020. The Morgan fingerprint density at radius 1 is 1.03 bits per heavy atom. The van der Waals surface area contributed by atoms with Crippen LogP contribution in [0.2, 0.25) is 0 Å². The fourth-order valence-electron chi connectivity index (χ4n) is 5.47. The smallest absolute Gasteiger partial charge is 0.407 e. The molecule has 1 fully saturated rings. The molecule has 0 bridgehead atoms. The normalized spacial score (nSPS) is 19.5. The zero-order valence-electron chi connectivity index (χ0n) is 20.2. The highest BCUT2D eigenvalue weighted by Gasteiger charge is 2.32. The van der Waals surface area contributed by atoms with Gasteiger partial charge in [0.25, 0.3) is 0 Å². The Morgan fingerprint density at radius 2 is 1.69 bits per heavy atom. The van der Waals surface area contributed by atoms with E-state index in [1.807, 2.05) is 31.2 Å². The summed E-state index contributed by atoms with van der Waals surface area (Å²) < 4.78 is 5.67. The summed E-state index contributed by atoms with van der Waals surface area (Å²) in [5.41, 5.74) is 4.70. The van der Waals surface area contributed by atoms with Gasteiger partial charge in [-0.2, -0.15) is 0 Å². The van der Waals surface area contributed by atoms with Gasteiger partial charge in [0.2, 0.25) is 5.91 Å². The summed E-state index contributed by atoms with van der Waals surface area (Å²) in [5.74, 6) is -1.60. The molecule has 0 heterocycles. The summed E-state index contributed by atoms with van der Waals surface area (Å²) in [4.78, 5) is 36.4. The second-order valence-corrected chi connectivity index (χ2v) is 9.60. The monoisotopic (exact) mass is 478 g/mol. The van der Waals surface area contributed by atoms with Crippen LogP contribution < -0.4 is 10.6 Å². The zero-order valence-corrected chi connectivity index (χ0v) is 20.2. The Hall–Kier alpha value is -3.35. The van der Waals surface area contributed by atoms with E-state index in [4.69, 9.17) is 4.74 Å². The fraction of sp³-hybridized carbons (Fsp3) is 0.464. The number of carbonyl (C=O) groups is 3. The average Bonchev–Trinajstić information content (AvgIpc) is 3.42. The van der Waals surface area contributed by atoms with Crippen LogP contribution in [0.4, 0.5) is 4.79 Å². The first-order chi connectivity index (χ1) is 17.0. The third-order valence-corrected chi connectivity index (χ3v) is 7.29. The predicted octanol–water partition coefficient (Wildman–Crippen LogP) is 4.70. The lowest BCUT2D eigenvalue weighted by Gasteiger charge is -2.22. The molecular weight excluding hydrogens is 444 g/mol. The van der Waals surface area contributed by atoms with Crippen LogP contribution in [-0.2, 0) is 14.3 Å². The van der Waals surface area contributed by atoms with Gasteiger partial charge in [0.1, 0.15) is 6.61 Å². The number of hydrogen-bond donors (Lipinski definition) is 3. The van der Waals surface area contributed by atoms with Crippen molar-refractivity contribution >= 4 is 18.0 Å². The van der Waals surface area contributed by atoms with Crippen molar-refractivity contribution < 1.29 is 24.2 Å². The van der Waals surface area contributed by atoms with Crippen molar-refractivity contribution in [2.24, 2.45) is 11.8 Å². The van der Waals surface area contributed by atoms with Crippen LogP contribution in [0.15, 0.2) is 48.5 Å². The van der Waals surface area contributed by atoms with Gasteiger partial charge in [-0.3, -0.25) is 9.59 Å². The van der Waals surface area contributed by atoms with Crippen molar-refractivity contribution in [1.29, 1.82) is 0 Å². The number of amides is 2. The largest absolute Gasteiger partial charge is 0.481 e. The van der Waals surface area contributed by atoms with E-state index in [0.29, 0.717) is 6.42 Å². The van der Waals surface area contributed by atoms with Gasteiger partial charge >= 0.3 is 12.1 Å². The van der Waals surface area contributed by atoms with Crippen LogP contribution in [0.25, 0.3) is 11.1 Å². The molecule has 0 saturated heterocycles. The Morgan fingerprint density at radius 3 is 2.31 bits per heavy atom. The number of carboxylic acid groups (broad SMARTS) is 1. The minimum absolute atomic E-state index is 0.00334. The van der Waals surface area contributed by atoms with Gasteiger partial charge in [-0.15, -0.1) is 0 Å². The average molecular weight is 479 g/mol. The van der Waals surface area contributed by atoms with E-state index < -0.39 is 18.0 Å². The molecule has 3 atom stereocenters. The van der Waals surface area contributed by atoms with Gasteiger partial charge in [-0.05, 0) is 47.4 Å². The molecule has 4 rings (SSSR count). The number of alkyl carbamates (subject to hydrolysis) is 1. The van der Waals surface area contributed by atoms with Crippen molar-refractivity contribution in [1.82, 2.24) is 10.6 Å². The molecule has 2 aromatic carbocycles. The molecule has 1 unspecified atom stereocenters. The Labute approximate surface area is 206 Å². The number of aliphatic carboxylic acids is 1. The van der Waals surface area contributed by atoms with Gasteiger partial charge in [0.05, 0.1) is 5.92 Å². The lowest BCUT2D eigenvalue weighted by atomic mass is 9.98. The third kappa shape index (κ3) is 5.84. The highest BCUT2D eigenvalue weighted by atomic mass is 16.5. The number of ether oxygens (including phenoxy) is 1. The van der Waals surface area contributed by atoms with Gasteiger partial charge in [0, 0.05) is 24.9 Å². The minimum atomic E-state index is -0.886. The molecule has 2 amide bonds. The zero-order chi connectivity index (χ0) is 24.8. The van der Waals surface area contributed by atoms with Crippen LogP contribution in [0.3, 0.4) is 0 Å². The first kappa shape index (κ1) is 24.8. The first-order valence-electron chi connectivity index (χ1n) is 12.6. The van der Waals surface area contributed by atoms with Crippen molar-refractivity contribution in [2.45, 2.75) is 57.4 Å². The quantitative estimate of drug-likeness (QED) is 0.459. The SMILES string of the molecule is CCCC(CNC(=O)C[C@@H]1CCC[C@H]1NC(=O)OCC1c2ccccc2-c2ccccc21)C(=O)O. The number of rotatable bonds is 10. The van der Waals surface area contributed by atoms with Crippen LogP contribution in [-0.4, -0.2) is 42.3 Å². The summed E-state index contributed by atoms with van der Waals surface area (Å²) in [6.07, 6.45) is 3.67. The summed E-state index contributed by atoms with van der Waals surface area (Å²) in [6, 6.07) is 16.3. The maximum atomic E-state index is 12.7. The van der Waals surface area contributed by atoms with E-state index in [1.54, 1.807) is 0 Å². The van der Waals surface area contributed by atoms with Crippen LogP contribution in [0, 0.1) is 11.8 Å². The summed E-state index contributed by atoms with van der Waals surface area (Å²) in [6.45, 7) is 2.32. The van der Waals surface area contributed by atoms with Crippen molar-refractivity contribution in [3.8, 4) is 11.1 Å². The molecule has 0 aliphatic heterocycles. The van der Waals surface area contributed by atoms with E-state index >= 15 is 0 Å². The predicted molar refractivity (Wildman–Crippen MR) is 133 cm³/mol. The lowest BCUT2D eigenvalue weighted by Crippen LogP contribution is -2.40. The maximum Gasteiger partial charge on any atom is 0.407 e. The second-order valence-electron chi connectivity index (χ2n) is 9.60. The fourth-order valence-corrected chi connectivity index (χ4v) is 5.47. The minimum Gasteiger partial charge on any atom is -0.481 e. The molecule has 0 spiro atoms. The molecule has 2 aliphatic rings. The summed E-state index contributed by atoms with van der Waals surface area (Å²) >= 11 is 0. The Balaban J connectivity index is 1.28. The molecule has 3 N–H and O–H groups in total. The molecule has 0 aromatic heterocycles. The number of nitrogens with one attached hydrogen (secondary N) is 2. The number of benzene rings is 2. The maximum absolute atomic E-state index is 12.7. The van der Waals surface area contributed by atoms with Crippen molar-refractivity contribution in [3.05, 3.63) is 59.7 Å². The Kier molecular flexibility index (Phi) is 8.06. The van der Waals surface area contributed by atoms with E-state index in [9.17, 15) is 19.5 Å². The van der Waals surface area contributed by atoms with Crippen LogP contribution >= 0.6 is 0 Å². The molecule has 7 nitrogen and oxygen atoms in total. The molecule has 1 saturated carbocycles. The molecule has 35 heavy (non-hydrogen) atoms. The van der Waals surface area contributed by atoms with Crippen molar-refractivity contribution in [2.75, 3.05) is 13.2 Å². The topological polar surface area (TPSA) is 105 Å². The second kappa shape index (κ2) is 11.4. The summed E-state index contributed by atoms with van der Waals surface area (Å²) in [5, 5.41) is 15.0. The standard InChI is InChI=1S/C28H34N2O5/c1-2-8-19(27(32)33)16-29-26(31)15-18-9-7-14-25(18)30-28(34)35-17-24-22-12-5-3-10-20(22)21-11-4-6-13-23(21)24/h3-6,10-13,18-19,24-25H,2,7-9,14-17H2,1H3,(H,29,31)(H,30,34)(H,32,33)/t18-,19?,25+/m0/s1. The molecule has 2 aromatic rings. The highest BCUT2D eigenvalue weighted by Crippen LogP contribution is 2.44. The highest BCUT2D eigenvalue weighted by molar-refractivity contribution is 5.79. The van der Waals surface area contributed by atoms with Crippen molar-refractivity contribution in [3.63, 3.8) is 0 Å². The molecule has 0 radical (unpaired) electrons. The van der Waals surface area contributed by atoms with Gasteiger partial charge in [0.15, 0.2) is 0 Å². The molecule has 2 aliphatic carbocycles. The van der Waals surface area contributed by atoms with Crippen LogP contribution in [0.5, 0.6) is 0 Å². The van der Waals surface area contributed by atoms with E-state index in [1.165, 1.54) is 22.3 Å². The van der Waals surface area contributed by atoms with Crippen LogP contribution in [0.1, 0.15) is 62.5 Å². The number of carbonyl (C=O) groups excluding carboxylic acids is 2. The van der Waals surface area contributed by atoms with E-state index in [0.717, 1.165) is 25.7 Å². The third-order valence-electron chi connectivity index (χ3n) is 7.29. The molecule has 7 heteroatoms. The van der Waals surface area contributed by atoms with Gasteiger partial charge in [-0.25, -0.2) is 4.79 Å². The number of fused-ring (bicyclic) bond motifs is 3. The number of carboxylic acids is 1. The number of hydrogen-bond acceptors (Lipinski definition) is 4. The lowest BCUT2D eigenvalue weighted by molar-refractivity contribution is -0.142. The van der Waals surface area contributed by atoms with E-state index in [2.05, 4.69) is 34.9 Å². The van der Waals surface area contributed by atoms with Gasteiger partial charge in [-0.1, -0.05) is 68.3 Å². The molecular formula is C28H34N2O5. The summed E-state index contributed by atoms with van der Waals surface area (Å²) in [7, 11) is 0. The molecule has 186 valence electrons.